The highest BCUT2D eigenvalue weighted by atomic mass is 32.1. The van der Waals surface area contributed by atoms with Crippen LogP contribution in [0.5, 0.6) is 0 Å². The third kappa shape index (κ3) is 4.47. The van der Waals surface area contributed by atoms with E-state index in [9.17, 15) is 4.79 Å². The molecule has 0 bridgehead atoms. The van der Waals surface area contributed by atoms with E-state index in [4.69, 9.17) is 5.10 Å². The minimum atomic E-state index is -0.299. The molecule has 0 aliphatic rings. The predicted octanol–water partition coefficient (Wildman–Crippen LogP) is 6.29. The van der Waals surface area contributed by atoms with Crippen LogP contribution in [0.4, 0.5) is 16.2 Å². The summed E-state index contributed by atoms with van der Waals surface area (Å²) in [6.45, 7) is 4.28. The minimum Gasteiger partial charge on any atom is -0.308 e. The average molecular weight is 455 g/mol. The first-order chi connectivity index (χ1) is 16.1. The quantitative estimate of drug-likeness (QED) is 0.327. The summed E-state index contributed by atoms with van der Waals surface area (Å²) in [7, 11) is 0. The van der Waals surface area contributed by atoms with E-state index in [1.54, 1.807) is 15.9 Å². The van der Waals surface area contributed by atoms with Gasteiger partial charge in [-0.2, -0.15) is 9.61 Å². The lowest BCUT2D eigenvalue weighted by Gasteiger charge is -2.10. The molecule has 0 atom stereocenters. The molecule has 33 heavy (non-hydrogen) atoms. The fourth-order valence-corrected chi connectivity index (χ4v) is 4.20. The van der Waals surface area contributed by atoms with Gasteiger partial charge in [-0.3, -0.25) is 0 Å². The molecule has 5 rings (SSSR count). The molecule has 0 aliphatic heterocycles. The van der Waals surface area contributed by atoms with E-state index in [0.717, 1.165) is 21.8 Å². The average Bonchev–Trinajstić information content (AvgIpc) is 3.49. The molecule has 3 aromatic heterocycles. The van der Waals surface area contributed by atoms with Crippen molar-refractivity contribution in [2.75, 3.05) is 10.6 Å². The molecule has 164 valence electrons. The van der Waals surface area contributed by atoms with Crippen molar-refractivity contribution < 1.29 is 4.79 Å². The lowest BCUT2D eigenvalue weighted by molar-refractivity contribution is 0.262. The molecule has 2 amide bonds. The number of carbonyl (C=O) groups is 1. The van der Waals surface area contributed by atoms with E-state index >= 15 is 0 Å². The third-order valence-electron chi connectivity index (χ3n) is 5.26. The zero-order valence-electron chi connectivity index (χ0n) is 18.2. The van der Waals surface area contributed by atoms with Gasteiger partial charge in [0.05, 0.1) is 10.6 Å². The Kier molecular flexibility index (Phi) is 5.58. The van der Waals surface area contributed by atoms with E-state index in [2.05, 4.69) is 34.7 Å². The lowest BCUT2D eigenvalue weighted by atomic mass is 10.0. The van der Waals surface area contributed by atoms with E-state index < -0.39 is 0 Å². The largest absolute Gasteiger partial charge is 0.323 e. The van der Waals surface area contributed by atoms with E-state index in [1.165, 1.54) is 5.56 Å². The fraction of sp³-hybridized carbons (Fsp3) is 0.120. The second-order valence-electron chi connectivity index (χ2n) is 7.93. The van der Waals surface area contributed by atoms with E-state index in [-0.39, 0.29) is 6.03 Å². The third-order valence-corrected chi connectivity index (χ3v) is 6.12. The van der Waals surface area contributed by atoms with Gasteiger partial charge >= 0.3 is 6.03 Å². The van der Waals surface area contributed by atoms with Crippen molar-refractivity contribution >= 4 is 34.4 Å². The molecule has 2 aromatic carbocycles. The molecule has 2 N–H and O–H groups in total. The molecule has 0 saturated carbocycles. The van der Waals surface area contributed by atoms with Crippen molar-refractivity contribution in [2.45, 2.75) is 19.8 Å². The Balaban J connectivity index is 1.35. The van der Waals surface area contributed by atoms with Crippen LogP contribution >= 0.6 is 11.3 Å². The van der Waals surface area contributed by atoms with Gasteiger partial charge in [-0.15, -0.1) is 21.5 Å². The van der Waals surface area contributed by atoms with Gasteiger partial charge < -0.3 is 10.6 Å². The number of nitrogens with one attached hydrogen (secondary N) is 2. The number of anilines is 2. The van der Waals surface area contributed by atoms with Crippen molar-refractivity contribution in [3.63, 3.8) is 0 Å². The number of benzene rings is 2. The molecule has 0 fully saturated rings. The van der Waals surface area contributed by atoms with Crippen LogP contribution in [0.25, 0.3) is 27.6 Å². The number of hydrogen-bond acceptors (Lipinski definition) is 5. The SMILES string of the molecule is CC(C)c1ccc(NC(=O)Nc2cccc(-c3ccc4nnc(-c5cccs5)n4n3)c2)cc1. The second-order valence-corrected chi connectivity index (χ2v) is 8.87. The number of urea groups is 1. The maximum atomic E-state index is 12.5. The number of hydrogen-bond donors (Lipinski definition) is 2. The van der Waals surface area contributed by atoms with Crippen LogP contribution in [-0.4, -0.2) is 25.8 Å². The zero-order valence-corrected chi connectivity index (χ0v) is 19.0. The Morgan fingerprint density at radius 3 is 2.48 bits per heavy atom. The Morgan fingerprint density at radius 1 is 0.909 bits per heavy atom. The number of fused-ring (bicyclic) bond motifs is 1. The monoisotopic (exact) mass is 454 g/mol. The van der Waals surface area contributed by atoms with Gasteiger partial charge in [-0.1, -0.05) is 44.2 Å². The first kappa shape index (κ1) is 20.8. The molecule has 7 nitrogen and oxygen atoms in total. The number of thiophene rings is 1. The minimum absolute atomic E-state index is 0.299. The summed E-state index contributed by atoms with van der Waals surface area (Å²) in [5.41, 5.74) is 4.96. The van der Waals surface area contributed by atoms with Crippen LogP contribution in [0.1, 0.15) is 25.3 Å². The number of aromatic nitrogens is 4. The molecule has 0 spiro atoms. The predicted molar refractivity (Wildman–Crippen MR) is 133 cm³/mol. The lowest BCUT2D eigenvalue weighted by Crippen LogP contribution is -2.19. The first-order valence-corrected chi connectivity index (χ1v) is 11.5. The van der Waals surface area contributed by atoms with Crippen molar-refractivity contribution in [3.8, 4) is 22.0 Å². The van der Waals surface area contributed by atoms with Crippen molar-refractivity contribution in [3.05, 3.63) is 83.7 Å². The van der Waals surface area contributed by atoms with Crippen LogP contribution < -0.4 is 10.6 Å². The highest BCUT2D eigenvalue weighted by Gasteiger charge is 2.12. The van der Waals surface area contributed by atoms with Crippen molar-refractivity contribution in [2.24, 2.45) is 0 Å². The molecule has 0 radical (unpaired) electrons. The Bertz CT molecular complexity index is 1410. The summed E-state index contributed by atoms with van der Waals surface area (Å²) in [5, 5.41) is 21.0. The van der Waals surface area contributed by atoms with Crippen molar-refractivity contribution in [1.82, 2.24) is 19.8 Å². The standard InChI is InChI=1S/C25H22N6OS/c1-16(2)17-8-10-19(11-9-17)26-25(32)27-20-6-3-5-18(15-20)21-12-13-23-28-29-24(31(23)30-21)22-7-4-14-33-22/h3-16H,1-2H3,(H2,26,27,32). The summed E-state index contributed by atoms with van der Waals surface area (Å²) in [4.78, 5) is 13.5. The summed E-state index contributed by atoms with van der Waals surface area (Å²) in [6.07, 6.45) is 0. The van der Waals surface area contributed by atoms with Gasteiger partial charge in [-0.05, 0) is 59.3 Å². The number of amides is 2. The van der Waals surface area contributed by atoms with Crippen LogP contribution in [0.3, 0.4) is 0 Å². The van der Waals surface area contributed by atoms with Crippen LogP contribution in [0.15, 0.2) is 78.2 Å². The number of carbonyl (C=O) groups excluding carboxylic acids is 1. The Labute approximate surface area is 195 Å². The second kappa shape index (κ2) is 8.84. The molecule has 0 saturated heterocycles. The summed E-state index contributed by atoms with van der Waals surface area (Å²) < 4.78 is 1.74. The first-order valence-electron chi connectivity index (χ1n) is 10.6. The molecule has 0 unspecified atom stereocenters. The maximum Gasteiger partial charge on any atom is 0.323 e. The molecule has 8 heteroatoms. The summed E-state index contributed by atoms with van der Waals surface area (Å²) in [5.74, 6) is 1.15. The maximum absolute atomic E-state index is 12.5. The Hall–Kier alpha value is -4.04. The van der Waals surface area contributed by atoms with Gasteiger partial charge in [-0.25, -0.2) is 4.79 Å². The van der Waals surface area contributed by atoms with Crippen LogP contribution in [-0.2, 0) is 0 Å². The van der Waals surface area contributed by atoms with Gasteiger partial charge in [0.1, 0.15) is 0 Å². The Morgan fingerprint density at radius 2 is 1.73 bits per heavy atom. The van der Waals surface area contributed by atoms with E-state index in [0.29, 0.717) is 23.1 Å². The molecule has 3 heterocycles. The number of rotatable bonds is 5. The molecule has 5 aromatic rings. The topological polar surface area (TPSA) is 84.2 Å². The highest BCUT2D eigenvalue weighted by Crippen LogP contribution is 2.26. The highest BCUT2D eigenvalue weighted by molar-refractivity contribution is 7.13. The van der Waals surface area contributed by atoms with Gasteiger partial charge in [0.2, 0.25) is 0 Å². The zero-order chi connectivity index (χ0) is 22.8. The van der Waals surface area contributed by atoms with Crippen molar-refractivity contribution in [1.29, 1.82) is 0 Å². The molecular weight excluding hydrogens is 432 g/mol. The normalized spacial score (nSPS) is 11.1. The van der Waals surface area contributed by atoms with Gasteiger partial charge in [0.25, 0.3) is 0 Å². The summed E-state index contributed by atoms with van der Waals surface area (Å²) >= 11 is 1.59. The summed E-state index contributed by atoms with van der Waals surface area (Å²) in [6, 6.07) is 22.9. The van der Waals surface area contributed by atoms with Gasteiger partial charge in [0.15, 0.2) is 11.5 Å². The smallest absolute Gasteiger partial charge is 0.308 e. The fourth-order valence-electron chi connectivity index (χ4n) is 3.50. The van der Waals surface area contributed by atoms with Crippen LogP contribution in [0.2, 0.25) is 0 Å². The van der Waals surface area contributed by atoms with Crippen LogP contribution in [0, 0.1) is 0 Å². The number of nitrogens with zero attached hydrogens (tertiary/aromatic N) is 4. The molecule has 0 aliphatic carbocycles. The van der Waals surface area contributed by atoms with E-state index in [1.807, 2.05) is 78.2 Å². The van der Waals surface area contributed by atoms with Gasteiger partial charge in [0, 0.05) is 16.9 Å². The molecular formula is C25H22N6OS.